The van der Waals surface area contributed by atoms with E-state index in [4.69, 9.17) is 9.84 Å². The zero-order valence-electron chi connectivity index (χ0n) is 18.4. The Morgan fingerprint density at radius 3 is 1.75 bits per heavy atom. The minimum Gasteiger partial charge on any atom is -0.481 e. The molecule has 4 nitrogen and oxygen atoms in total. The molecule has 28 heavy (non-hydrogen) atoms. The highest BCUT2D eigenvalue weighted by Gasteiger charge is 2.31. The molecule has 1 atom stereocenters. The van der Waals surface area contributed by atoms with Crippen LogP contribution in [0.3, 0.4) is 0 Å². The maximum atomic E-state index is 12.5. The number of hydrogen-bond donors (Lipinski definition) is 1. The van der Waals surface area contributed by atoms with Gasteiger partial charge in [0.05, 0.1) is 11.8 Å². The number of unbranched alkanes of at least 4 members (excludes halogenated alkanes) is 9. The Bertz CT molecular complexity index is 413. The highest BCUT2D eigenvalue weighted by molar-refractivity contribution is 5.74. The van der Waals surface area contributed by atoms with Gasteiger partial charge in [-0.2, -0.15) is 0 Å². The Morgan fingerprint density at radius 1 is 0.750 bits per heavy atom. The minimum absolute atomic E-state index is 0.0451. The topological polar surface area (TPSA) is 63.6 Å². The Hall–Kier alpha value is -1.06. The summed E-state index contributed by atoms with van der Waals surface area (Å²) in [4.78, 5) is 23.5. The van der Waals surface area contributed by atoms with Crippen LogP contribution in [0.15, 0.2) is 0 Å². The molecule has 0 radical (unpaired) electrons. The Labute approximate surface area is 172 Å². The molecular formula is C24H44O4. The molecule has 0 aliphatic heterocycles. The van der Waals surface area contributed by atoms with Crippen LogP contribution in [-0.2, 0) is 14.3 Å². The number of ether oxygens (including phenoxy) is 1. The van der Waals surface area contributed by atoms with Crippen molar-refractivity contribution in [2.24, 2.45) is 11.8 Å². The van der Waals surface area contributed by atoms with Gasteiger partial charge >= 0.3 is 11.9 Å². The summed E-state index contributed by atoms with van der Waals surface area (Å²) in [6, 6.07) is 0. The van der Waals surface area contributed by atoms with Crippen LogP contribution < -0.4 is 0 Å². The first kappa shape index (κ1) is 25.0. The van der Waals surface area contributed by atoms with Crippen molar-refractivity contribution in [3.8, 4) is 0 Å². The lowest BCUT2D eigenvalue weighted by atomic mass is 9.82. The van der Waals surface area contributed by atoms with Gasteiger partial charge in [-0.15, -0.1) is 0 Å². The molecule has 0 spiro atoms. The average molecular weight is 397 g/mol. The highest BCUT2D eigenvalue weighted by atomic mass is 16.5. The molecule has 1 aliphatic rings. The largest absolute Gasteiger partial charge is 0.481 e. The molecule has 0 aromatic carbocycles. The third-order valence-corrected chi connectivity index (χ3v) is 6.18. The van der Waals surface area contributed by atoms with Crippen LogP contribution in [0.1, 0.15) is 123 Å². The summed E-state index contributed by atoms with van der Waals surface area (Å²) in [5.41, 5.74) is 0. The number of carboxylic acids is 1. The van der Waals surface area contributed by atoms with E-state index in [-0.39, 0.29) is 23.9 Å². The van der Waals surface area contributed by atoms with Crippen LogP contribution in [0.25, 0.3) is 0 Å². The monoisotopic (exact) mass is 396 g/mol. The maximum Gasteiger partial charge on any atom is 0.309 e. The summed E-state index contributed by atoms with van der Waals surface area (Å²) in [5, 5.41) is 9.09. The molecule has 1 rings (SSSR count). The van der Waals surface area contributed by atoms with Crippen molar-refractivity contribution in [1.29, 1.82) is 0 Å². The first-order valence-electron chi connectivity index (χ1n) is 12.0. The van der Waals surface area contributed by atoms with Crippen molar-refractivity contribution in [3.05, 3.63) is 0 Å². The van der Waals surface area contributed by atoms with Gasteiger partial charge in [0.25, 0.3) is 0 Å². The second kappa shape index (κ2) is 15.8. The fourth-order valence-electron chi connectivity index (χ4n) is 4.28. The lowest BCUT2D eigenvalue weighted by Crippen LogP contribution is -2.29. The van der Waals surface area contributed by atoms with Crippen molar-refractivity contribution in [2.75, 3.05) is 0 Å². The number of carbonyl (C=O) groups is 2. The summed E-state index contributed by atoms with van der Waals surface area (Å²) >= 11 is 0. The zero-order chi connectivity index (χ0) is 20.6. The van der Waals surface area contributed by atoms with E-state index in [9.17, 15) is 9.59 Å². The number of esters is 1. The number of aliphatic carboxylic acids is 1. The standard InChI is InChI=1S/C24H44O4/c1-3-5-6-7-8-9-10-11-12-13-15-22(14-4-2)28-24(27)21-18-16-20(17-19-21)23(25)26/h20-22H,3-19H2,1-2H3,(H,25,26). The first-order valence-corrected chi connectivity index (χ1v) is 12.0. The van der Waals surface area contributed by atoms with E-state index in [0.717, 1.165) is 25.7 Å². The summed E-state index contributed by atoms with van der Waals surface area (Å²) in [6.45, 7) is 4.39. The zero-order valence-corrected chi connectivity index (χ0v) is 18.4. The highest BCUT2D eigenvalue weighted by Crippen LogP contribution is 2.30. The van der Waals surface area contributed by atoms with Crippen molar-refractivity contribution in [2.45, 2.75) is 129 Å². The number of carboxylic acid groups (broad SMARTS) is 1. The van der Waals surface area contributed by atoms with E-state index < -0.39 is 5.97 Å². The van der Waals surface area contributed by atoms with Crippen LogP contribution in [0, 0.1) is 11.8 Å². The van der Waals surface area contributed by atoms with Gasteiger partial charge in [-0.1, -0.05) is 78.1 Å². The van der Waals surface area contributed by atoms with Gasteiger partial charge in [0.2, 0.25) is 0 Å². The van der Waals surface area contributed by atoms with Crippen LogP contribution in [0.4, 0.5) is 0 Å². The molecule has 1 N–H and O–H groups in total. The van der Waals surface area contributed by atoms with Gasteiger partial charge in [-0.05, 0) is 44.9 Å². The van der Waals surface area contributed by atoms with Gasteiger partial charge < -0.3 is 9.84 Å². The lowest BCUT2D eigenvalue weighted by Gasteiger charge is -2.26. The third kappa shape index (κ3) is 11.1. The van der Waals surface area contributed by atoms with E-state index in [1.165, 1.54) is 57.8 Å². The summed E-state index contributed by atoms with van der Waals surface area (Å²) in [7, 11) is 0. The number of rotatable bonds is 16. The molecule has 0 saturated heterocycles. The van der Waals surface area contributed by atoms with E-state index in [0.29, 0.717) is 25.7 Å². The predicted molar refractivity (Wildman–Crippen MR) is 114 cm³/mol. The summed E-state index contributed by atoms with van der Waals surface area (Å²) in [5.74, 6) is -1.18. The molecule has 1 aliphatic carbocycles. The molecule has 0 heterocycles. The molecule has 1 fully saturated rings. The van der Waals surface area contributed by atoms with E-state index in [1.807, 2.05) is 0 Å². The second-order valence-corrected chi connectivity index (χ2v) is 8.71. The SMILES string of the molecule is CCCCCCCCCCCCC(CCC)OC(=O)C1CCC(C(=O)O)CC1. The van der Waals surface area contributed by atoms with Crippen molar-refractivity contribution >= 4 is 11.9 Å². The maximum absolute atomic E-state index is 12.5. The normalized spacial score (nSPS) is 20.6. The fourth-order valence-corrected chi connectivity index (χ4v) is 4.28. The van der Waals surface area contributed by atoms with Crippen LogP contribution in [-0.4, -0.2) is 23.1 Å². The molecule has 0 amide bonds. The molecule has 0 aromatic rings. The molecule has 0 bridgehead atoms. The third-order valence-electron chi connectivity index (χ3n) is 6.18. The van der Waals surface area contributed by atoms with Gasteiger partial charge in [0.15, 0.2) is 0 Å². The lowest BCUT2D eigenvalue weighted by molar-refractivity contribution is -0.158. The summed E-state index contributed by atoms with van der Waals surface area (Å²) in [6.07, 6.45) is 18.7. The molecule has 1 saturated carbocycles. The van der Waals surface area contributed by atoms with Crippen LogP contribution in [0.5, 0.6) is 0 Å². The second-order valence-electron chi connectivity index (χ2n) is 8.71. The van der Waals surface area contributed by atoms with E-state index in [2.05, 4.69) is 13.8 Å². The van der Waals surface area contributed by atoms with E-state index in [1.54, 1.807) is 0 Å². The van der Waals surface area contributed by atoms with Crippen molar-refractivity contribution in [1.82, 2.24) is 0 Å². The molecule has 164 valence electrons. The summed E-state index contributed by atoms with van der Waals surface area (Å²) < 4.78 is 5.82. The molecule has 1 unspecified atom stereocenters. The Kier molecular flexibility index (Phi) is 14.1. The quantitative estimate of drug-likeness (QED) is 0.228. The minimum atomic E-state index is -0.725. The number of carbonyl (C=O) groups excluding carboxylic acids is 1. The fraction of sp³-hybridized carbons (Fsp3) is 0.917. The van der Waals surface area contributed by atoms with Gasteiger partial charge in [-0.25, -0.2) is 0 Å². The predicted octanol–water partition coefficient (Wildman–Crippen LogP) is 6.90. The molecular weight excluding hydrogens is 352 g/mol. The number of hydrogen-bond acceptors (Lipinski definition) is 3. The van der Waals surface area contributed by atoms with Crippen molar-refractivity contribution < 1.29 is 19.4 Å². The molecule has 4 heteroatoms. The van der Waals surface area contributed by atoms with E-state index >= 15 is 0 Å². The van der Waals surface area contributed by atoms with Crippen LogP contribution >= 0.6 is 0 Å². The van der Waals surface area contributed by atoms with Gasteiger partial charge in [-0.3, -0.25) is 9.59 Å². The van der Waals surface area contributed by atoms with Gasteiger partial charge in [0, 0.05) is 0 Å². The van der Waals surface area contributed by atoms with Crippen molar-refractivity contribution in [3.63, 3.8) is 0 Å². The smallest absolute Gasteiger partial charge is 0.309 e. The van der Waals surface area contributed by atoms with Gasteiger partial charge in [0.1, 0.15) is 6.10 Å². The van der Waals surface area contributed by atoms with Crippen LogP contribution in [0.2, 0.25) is 0 Å². The first-order chi connectivity index (χ1) is 13.6. The molecule has 0 aromatic heterocycles. The average Bonchev–Trinajstić information content (AvgIpc) is 2.69. The Morgan fingerprint density at radius 2 is 1.25 bits per heavy atom. The Balaban J connectivity index is 2.14.